The number of rotatable bonds is 6. The van der Waals surface area contributed by atoms with E-state index in [1.54, 1.807) is 14.1 Å². The van der Waals surface area contributed by atoms with Gasteiger partial charge in [-0.2, -0.15) is 5.10 Å². The van der Waals surface area contributed by atoms with Gasteiger partial charge in [-0.15, -0.1) is 0 Å². The maximum absolute atomic E-state index is 11.8. The van der Waals surface area contributed by atoms with Crippen LogP contribution in [0.2, 0.25) is 0 Å². The number of amides is 1. The molecule has 0 bridgehead atoms. The highest BCUT2D eigenvalue weighted by atomic mass is 16.3. The smallest absolute Gasteiger partial charge is 0.225 e. The van der Waals surface area contributed by atoms with E-state index in [9.17, 15) is 9.90 Å². The molecule has 1 aromatic carbocycles. The van der Waals surface area contributed by atoms with Crippen LogP contribution in [0.3, 0.4) is 0 Å². The molecular weight excluding hydrogens is 328 g/mol. The number of aliphatic hydroxyl groups excluding tert-OH is 1. The van der Waals surface area contributed by atoms with Gasteiger partial charge in [0.15, 0.2) is 0 Å². The summed E-state index contributed by atoms with van der Waals surface area (Å²) >= 11 is 0. The number of carbonyl (C=O) groups is 1. The van der Waals surface area contributed by atoms with E-state index in [0.29, 0.717) is 5.69 Å². The molecule has 1 aliphatic rings. The molecule has 1 N–H and O–H groups in total. The van der Waals surface area contributed by atoms with Crippen molar-refractivity contribution < 1.29 is 9.90 Å². The third-order valence-electron chi connectivity index (χ3n) is 4.58. The van der Waals surface area contributed by atoms with Crippen LogP contribution in [0.4, 0.5) is 0 Å². The predicted molar refractivity (Wildman–Crippen MR) is 101 cm³/mol. The molecule has 0 saturated heterocycles. The Morgan fingerprint density at radius 3 is 2.81 bits per heavy atom. The van der Waals surface area contributed by atoms with Crippen molar-refractivity contribution in [1.82, 2.24) is 19.6 Å². The highest BCUT2D eigenvalue weighted by Crippen LogP contribution is 2.20. The van der Waals surface area contributed by atoms with Gasteiger partial charge in [-0.25, -0.2) is 0 Å². The van der Waals surface area contributed by atoms with E-state index < -0.39 is 6.10 Å². The maximum atomic E-state index is 11.8. The lowest BCUT2D eigenvalue weighted by Gasteiger charge is -2.26. The van der Waals surface area contributed by atoms with Crippen LogP contribution < -0.4 is 0 Å². The van der Waals surface area contributed by atoms with E-state index in [2.05, 4.69) is 34.3 Å². The number of hydrogen-bond acceptors (Lipinski definition) is 4. The van der Waals surface area contributed by atoms with Crippen LogP contribution in [0.5, 0.6) is 0 Å². The fourth-order valence-corrected chi connectivity index (χ4v) is 3.02. The number of carbonyl (C=O) groups excluding carboxylic acids is 1. The lowest BCUT2D eigenvalue weighted by molar-refractivity contribution is -0.130. The van der Waals surface area contributed by atoms with Crippen LogP contribution in [-0.4, -0.2) is 57.8 Å². The van der Waals surface area contributed by atoms with Gasteiger partial charge in [0.25, 0.3) is 0 Å². The Bertz CT molecular complexity index is 767. The van der Waals surface area contributed by atoms with Crippen molar-refractivity contribution in [3.8, 4) is 0 Å². The Morgan fingerprint density at radius 1 is 1.31 bits per heavy atom. The Labute approximate surface area is 154 Å². The Hall–Kier alpha value is -2.44. The fourth-order valence-electron chi connectivity index (χ4n) is 3.02. The second-order valence-electron chi connectivity index (χ2n) is 6.84. The average molecular weight is 354 g/mol. The Balaban J connectivity index is 1.58. The van der Waals surface area contributed by atoms with Gasteiger partial charge < -0.3 is 10.0 Å². The highest BCUT2D eigenvalue weighted by molar-refractivity contribution is 5.76. The van der Waals surface area contributed by atoms with E-state index >= 15 is 0 Å². The van der Waals surface area contributed by atoms with Gasteiger partial charge in [-0.05, 0) is 11.6 Å². The molecule has 0 fully saturated rings. The van der Waals surface area contributed by atoms with Crippen molar-refractivity contribution in [1.29, 1.82) is 0 Å². The zero-order valence-electron chi connectivity index (χ0n) is 15.4. The van der Waals surface area contributed by atoms with E-state index in [1.807, 2.05) is 28.9 Å². The number of hydrogen-bond donors (Lipinski definition) is 1. The average Bonchev–Trinajstić information content (AvgIpc) is 3.06. The predicted octanol–water partition coefficient (Wildman–Crippen LogP) is 1.92. The van der Waals surface area contributed by atoms with Gasteiger partial charge in [-0.1, -0.05) is 42.5 Å². The fraction of sp³-hybridized carbons (Fsp3) is 0.400. The third kappa shape index (κ3) is 4.59. The third-order valence-corrected chi connectivity index (χ3v) is 4.58. The molecule has 2 aromatic rings. The van der Waals surface area contributed by atoms with Crippen molar-refractivity contribution >= 4 is 12.0 Å². The van der Waals surface area contributed by atoms with Crippen LogP contribution >= 0.6 is 0 Å². The number of aromatic nitrogens is 2. The largest absolute Gasteiger partial charge is 0.386 e. The summed E-state index contributed by atoms with van der Waals surface area (Å²) in [5.74, 6) is -0.101. The lowest BCUT2D eigenvalue weighted by Crippen LogP contribution is -2.33. The van der Waals surface area contributed by atoms with Crippen molar-refractivity contribution in [3.63, 3.8) is 0 Å². The van der Waals surface area contributed by atoms with E-state index in [-0.39, 0.29) is 12.3 Å². The van der Waals surface area contributed by atoms with Crippen LogP contribution in [-0.2, 0) is 17.9 Å². The van der Waals surface area contributed by atoms with Gasteiger partial charge in [0.1, 0.15) is 6.10 Å². The lowest BCUT2D eigenvalue weighted by atomic mass is 10.1. The molecule has 0 unspecified atom stereocenters. The van der Waals surface area contributed by atoms with Crippen LogP contribution in [0.25, 0.3) is 6.08 Å². The van der Waals surface area contributed by atoms with E-state index in [0.717, 1.165) is 31.9 Å². The molecule has 26 heavy (non-hydrogen) atoms. The number of aliphatic hydroxyl groups is 1. The number of fused-ring (bicyclic) bond motifs is 1. The van der Waals surface area contributed by atoms with Crippen molar-refractivity contribution in [2.75, 3.05) is 27.2 Å². The molecule has 0 spiro atoms. The first kappa shape index (κ1) is 18.4. The van der Waals surface area contributed by atoms with Crippen molar-refractivity contribution in [3.05, 3.63) is 59.4 Å². The molecule has 0 aliphatic carbocycles. The molecule has 2 heterocycles. The van der Waals surface area contributed by atoms with Gasteiger partial charge >= 0.3 is 0 Å². The summed E-state index contributed by atoms with van der Waals surface area (Å²) < 4.78 is 1.94. The molecule has 1 aromatic heterocycles. The first-order valence-corrected chi connectivity index (χ1v) is 8.91. The summed E-state index contributed by atoms with van der Waals surface area (Å²) in [6, 6.07) is 12.2. The molecule has 1 amide bonds. The molecule has 1 aliphatic heterocycles. The van der Waals surface area contributed by atoms with E-state index in [4.69, 9.17) is 0 Å². The standard InChI is InChI=1S/C20H26N4O2/c1-22(2)20(26)14-19(25)18-13-17-15-23(11-12-24(17)21-18)10-6-9-16-7-4-3-5-8-16/h3-9,13,19,25H,10-12,14-15H2,1-2H3/b9-6+/t19-/m0/s1. The first-order chi connectivity index (χ1) is 12.5. The molecule has 0 radical (unpaired) electrons. The van der Waals surface area contributed by atoms with Crippen molar-refractivity contribution in [2.45, 2.75) is 25.6 Å². The molecular formula is C20H26N4O2. The molecule has 6 heteroatoms. The number of benzene rings is 1. The van der Waals surface area contributed by atoms with Crippen LogP contribution in [0.1, 0.15) is 29.5 Å². The van der Waals surface area contributed by atoms with Gasteiger partial charge in [-0.3, -0.25) is 14.4 Å². The summed E-state index contributed by atoms with van der Waals surface area (Å²) in [4.78, 5) is 15.6. The Kier molecular flexibility index (Phi) is 5.85. The first-order valence-electron chi connectivity index (χ1n) is 8.91. The maximum Gasteiger partial charge on any atom is 0.225 e. The Morgan fingerprint density at radius 2 is 2.08 bits per heavy atom. The molecule has 6 nitrogen and oxygen atoms in total. The SMILES string of the molecule is CN(C)C(=O)C[C@H](O)c1cc2n(n1)CCN(C/C=C/c1ccccc1)C2. The zero-order valence-corrected chi connectivity index (χ0v) is 15.4. The van der Waals surface area contributed by atoms with Gasteiger partial charge in [0.2, 0.25) is 5.91 Å². The van der Waals surface area contributed by atoms with Gasteiger partial charge in [0.05, 0.1) is 24.4 Å². The second-order valence-corrected chi connectivity index (χ2v) is 6.84. The monoisotopic (exact) mass is 354 g/mol. The zero-order chi connectivity index (χ0) is 18.5. The minimum Gasteiger partial charge on any atom is -0.386 e. The summed E-state index contributed by atoms with van der Waals surface area (Å²) in [5, 5.41) is 14.8. The molecule has 3 rings (SSSR count). The second kappa shape index (κ2) is 8.29. The minimum absolute atomic E-state index is 0.0625. The molecule has 1 atom stereocenters. The van der Waals surface area contributed by atoms with Crippen LogP contribution in [0, 0.1) is 0 Å². The van der Waals surface area contributed by atoms with Gasteiger partial charge in [0, 0.05) is 33.7 Å². The minimum atomic E-state index is -0.852. The van der Waals surface area contributed by atoms with Crippen LogP contribution in [0.15, 0.2) is 42.5 Å². The molecule has 0 saturated carbocycles. The normalized spacial score (nSPS) is 15.8. The topological polar surface area (TPSA) is 61.6 Å². The summed E-state index contributed by atoms with van der Waals surface area (Å²) in [7, 11) is 3.38. The summed E-state index contributed by atoms with van der Waals surface area (Å²) in [6.07, 6.45) is 3.52. The number of nitrogens with zero attached hydrogens (tertiary/aromatic N) is 4. The summed E-state index contributed by atoms with van der Waals surface area (Å²) in [5.41, 5.74) is 2.86. The van der Waals surface area contributed by atoms with E-state index in [1.165, 1.54) is 10.5 Å². The highest BCUT2D eigenvalue weighted by Gasteiger charge is 2.22. The molecule has 138 valence electrons. The quantitative estimate of drug-likeness (QED) is 0.861. The summed E-state index contributed by atoms with van der Waals surface area (Å²) in [6.45, 7) is 3.38. The van der Waals surface area contributed by atoms with Crippen molar-refractivity contribution in [2.24, 2.45) is 0 Å².